The van der Waals surface area contributed by atoms with Crippen LogP contribution < -0.4 is 11.1 Å². The Balaban J connectivity index is 2.02. The molecule has 1 aliphatic carbocycles. The van der Waals surface area contributed by atoms with E-state index in [-0.39, 0.29) is 5.91 Å². The number of carbonyl (C=O) groups excluding carboxylic acids is 1. The molecule has 0 heterocycles. The molecule has 1 fully saturated rings. The topological polar surface area (TPSA) is 55.1 Å². The zero-order chi connectivity index (χ0) is 14.0. The van der Waals surface area contributed by atoms with Crippen LogP contribution in [-0.4, -0.2) is 11.9 Å². The Hall–Kier alpha value is -1.51. The van der Waals surface area contributed by atoms with Gasteiger partial charge in [0.25, 0.3) is 0 Å². The van der Waals surface area contributed by atoms with Gasteiger partial charge in [0.1, 0.15) is 0 Å². The first-order valence-corrected chi connectivity index (χ1v) is 7.04. The first-order valence-electron chi connectivity index (χ1n) is 7.04. The fourth-order valence-electron chi connectivity index (χ4n) is 2.74. The molecule has 0 radical (unpaired) electrons. The van der Waals surface area contributed by atoms with Crippen molar-refractivity contribution in [3.05, 3.63) is 29.3 Å². The summed E-state index contributed by atoms with van der Waals surface area (Å²) in [6.45, 7) is 6.70. The minimum atomic E-state index is -0.367. The van der Waals surface area contributed by atoms with Crippen LogP contribution in [0.1, 0.15) is 55.5 Å². The molecular formula is C16H24N2O. The zero-order valence-corrected chi connectivity index (χ0v) is 12.1. The molecule has 19 heavy (non-hydrogen) atoms. The lowest BCUT2D eigenvalue weighted by atomic mass is 9.75. The zero-order valence-electron chi connectivity index (χ0n) is 12.1. The molecule has 0 atom stereocenters. The third kappa shape index (κ3) is 3.49. The Morgan fingerprint density at radius 2 is 1.95 bits per heavy atom. The summed E-state index contributed by atoms with van der Waals surface area (Å²) in [5.41, 5.74) is 8.56. The van der Waals surface area contributed by atoms with Crippen molar-refractivity contribution in [1.82, 2.24) is 0 Å². The van der Waals surface area contributed by atoms with E-state index in [4.69, 9.17) is 5.73 Å². The van der Waals surface area contributed by atoms with E-state index in [2.05, 4.69) is 19.2 Å². The molecule has 0 spiro atoms. The summed E-state index contributed by atoms with van der Waals surface area (Å²) in [5.74, 6) is -0.367. The molecule has 3 N–H and O–H groups in total. The van der Waals surface area contributed by atoms with Gasteiger partial charge in [0.15, 0.2) is 0 Å². The average molecular weight is 260 g/mol. The van der Waals surface area contributed by atoms with Crippen molar-refractivity contribution in [1.29, 1.82) is 0 Å². The maximum Gasteiger partial charge on any atom is 0.248 e. The third-order valence-corrected chi connectivity index (χ3v) is 4.21. The molecule has 1 amide bonds. The number of nitrogens with two attached hydrogens (primary N) is 1. The molecular weight excluding hydrogens is 236 g/mol. The summed E-state index contributed by atoms with van der Waals surface area (Å²) in [6.07, 6.45) is 4.96. The highest BCUT2D eigenvalue weighted by Crippen LogP contribution is 2.36. The van der Waals surface area contributed by atoms with E-state index in [9.17, 15) is 4.79 Å². The number of hydrogen-bond acceptors (Lipinski definition) is 2. The summed E-state index contributed by atoms with van der Waals surface area (Å²) in [7, 11) is 0. The van der Waals surface area contributed by atoms with Gasteiger partial charge in [-0.3, -0.25) is 4.79 Å². The number of carbonyl (C=O) groups is 1. The molecule has 0 unspecified atom stereocenters. The third-order valence-electron chi connectivity index (χ3n) is 4.21. The van der Waals surface area contributed by atoms with Crippen LogP contribution in [-0.2, 0) is 0 Å². The molecule has 1 aromatic carbocycles. The Kier molecular flexibility index (Phi) is 3.83. The van der Waals surface area contributed by atoms with E-state index in [1.165, 1.54) is 25.7 Å². The molecule has 104 valence electrons. The highest BCUT2D eigenvalue weighted by molar-refractivity contribution is 5.93. The number of aryl methyl sites for hydroxylation is 1. The monoisotopic (exact) mass is 260 g/mol. The van der Waals surface area contributed by atoms with E-state index in [1.54, 1.807) is 6.07 Å². The molecule has 0 aliphatic heterocycles. The van der Waals surface area contributed by atoms with Crippen LogP contribution in [0.15, 0.2) is 18.2 Å². The second-order valence-electron chi connectivity index (χ2n) is 6.48. The van der Waals surface area contributed by atoms with Gasteiger partial charge >= 0.3 is 0 Å². The standard InChI is InChI=1S/C16H24N2O/c1-11-10-12(15(17)19)4-5-14(11)18-13-6-8-16(2,3)9-7-13/h4-5,10,13,18H,6-9H2,1-3H3,(H2,17,19). The number of anilines is 1. The van der Waals surface area contributed by atoms with Crippen molar-refractivity contribution in [2.75, 3.05) is 5.32 Å². The van der Waals surface area contributed by atoms with Crippen molar-refractivity contribution in [2.24, 2.45) is 11.1 Å². The van der Waals surface area contributed by atoms with E-state index in [0.29, 0.717) is 17.0 Å². The van der Waals surface area contributed by atoms with Crippen molar-refractivity contribution in [3.63, 3.8) is 0 Å². The van der Waals surface area contributed by atoms with Crippen molar-refractivity contribution in [3.8, 4) is 0 Å². The summed E-state index contributed by atoms with van der Waals surface area (Å²) >= 11 is 0. The summed E-state index contributed by atoms with van der Waals surface area (Å²) in [5, 5.41) is 3.60. The molecule has 3 nitrogen and oxygen atoms in total. The van der Waals surface area contributed by atoms with Crippen molar-refractivity contribution < 1.29 is 4.79 Å². The number of hydrogen-bond donors (Lipinski definition) is 2. The molecule has 1 aromatic rings. The van der Waals surface area contributed by atoms with Crippen LogP contribution in [0.2, 0.25) is 0 Å². The predicted octanol–water partition coefficient (Wildman–Crippen LogP) is 3.47. The van der Waals surface area contributed by atoms with Gasteiger partial charge in [-0.05, 0) is 61.8 Å². The minimum Gasteiger partial charge on any atom is -0.382 e. The van der Waals surface area contributed by atoms with Crippen LogP contribution in [0.3, 0.4) is 0 Å². The van der Waals surface area contributed by atoms with Gasteiger partial charge in [-0.2, -0.15) is 0 Å². The Morgan fingerprint density at radius 1 is 1.32 bits per heavy atom. The normalized spacial score (nSPS) is 19.1. The first-order chi connectivity index (χ1) is 8.87. The van der Waals surface area contributed by atoms with Gasteiger partial charge in [-0.15, -0.1) is 0 Å². The van der Waals surface area contributed by atoms with E-state index >= 15 is 0 Å². The van der Waals surface area contributed by atoms with Gasteiger partial charge in [0.05, 0.1) is 0 Å². The highest BCUT2D eigenvalue weighted by atomic mass is 16.1. The average Bonchev–Trinajstić information content (AvgIpc) is 2.34. The van der Waals surface area contributed by atoms with Crippen LogP contribution >= 0.6 is 0 Å². The lowest BCUT2D eigenvalue weighted by Gasteiger charge is -2.35. The maximum atomic E-state index is 11.1. The van der Waals surface area contributed by atoms with Crippen molar-refractivity contribution in [2.45, 2.75) is 52.5 Å². The minimum absolute atomic E-state index is 0.367. The van der Waals surface area contributed by atoms with Crippen LogP contribution in [0.25, 0.3) is 0 Å². The van der Waals surface area contributed by atoms with Crippen molar-refractivity contribution >= 4 is 11.6 Å². The molecule has 0 bridgehead atoms. The van der Waals surface area contributed by atoms with Gasteiger partial charge < -0.3 is 11.1 Å². The number of primary amides is 1. The van der Waals surface area contributed by atoms with E-state index in [0.717, 1.165) is 11.3 Å². The number of nitrogens with one attached hydrogen (secondary N) is 1. The van der Waals surface area contributed by atoms with Gasteiger partial charge in [-0.1, -0.05) is 13.8 Å². The first kappa shape index (κ1) is 13.9. The van der Waals surface area contributed by atoms with E-state index in [1.807, 2.05) is 19.1 Å². The van der Waals surface area contributed by atoms with Gasteiger partial charge in [-0.25, -0.2) is 0 Å². The quantitative estimate of drug-likeness (QED) is 0.874. The molecule has 1 saturated carbocycles. The van der Waals surface area contributed by atoms with Crippen LogP contribution in [0.4, 0.5) is 5.69 Å². The van der Waals surface area contributed by atoms with Crippen LogP contribution in [0, 0.1) is 12.3 Å². The van der Waals surface area contributed by atoms with Gasteiger partial charge in [0, 0.05) is 17.3 Å². The number of rotatable bonds is 3. The fourth-order valence-corrected chi connectivity index (χ4v) is 2.74. The number of amides is 1. The molecule has 2 rings (SSSR count). The molecule has 1 aliphatic rings. The summed E-state index contributed by atoms with van der Waals surface area (Å²) in [4.78, 5) is 11.1. The second-order valence-corrected chi connectivity index (χ2v) is 6.48. The van der Waals surface area contributed by atoms with Crippen LogP contribution in [0.5, 0.6) is 0 Å². The Bertz CT molecular complexity index is 470. The molecule has 0 saturated heterocycles. The lowest BCUT2D eigenvalue weighted by molar-refractivity contribution is 0.1000. The highest BCUT2D eigenvalue weighted by Gasteiger charge is 2.26. The molecule has 0 aromatic heterocycles. The maximum absolute atomic E-state index is 11.1. The van der Waals surface area contributed by atoms with E-state index < -0.39 is 0 Å². The second kappa shape index (κ2) is 5.24. The number of benzene rings is 1. The van der Waals surface area contributed by atoms with Gasteiger partial charge in [0.2, 0.25) is 5.91 Å². The SMILES string of the molecule is Cc1cc(C(N)=O)ccc1NC1CCC(C)(C)CC1. The summed E-state index contributed by atoms with van der Waals surface area (Å²) < 4.78 is 0. The predicted molar refractivity (Wildman–Crippen MR) is 79.4 cm³/mol. The Labute approximate surface area is 115 Å². The largest absolute Gasteiger partial charge is 0.382 e. The Morgan fingerprint density at radius 3 is 2.47 bits per heavy atom. The summed E-state index contributed by atoms with van der Waals surface area (Å²) in [6, 6.07) is 6.17. The smallest absolute Gasteiger partial charge is 0.248 e. The molecule has 3 heteroatoms. The fraction of sp³-hybridized carbons (Fsp3) is 0.562. The lowest BCUT2D eigenvalue weighted by Crippen LogP contribution is -2.30.